The first-order chi connectivity index (χ1) is 8.11. The van der Waals surface area contributed by atoms with Crippen molar-refractivity contribution in [3.63, 3.8) is 0 Å². The average Bonchev–Trinajstić information content (AvgIpc) is 2.64. The maximum Gasteiger partial charge on any atom is 0.234 e. The van der Waals surface area contributed by atoms with Crippen molar-refractivity contribution in [1.82, 2.24) is 15.8 Å². The molecule has 1 aromatic rings. The Morgan fingerprint density at radius 3 is 3.00 bits per heavy atom. The summed E-state index contributed by atoms with van der Waals surface area (Å²) in [5, 5.41) is 9.60. The highest BCUT2D eigenvalue weighted by Gasteiger charge is 2.07. The molecule has 17 heavy (non-hydrogen) atoms. The number of carbonyl (C=O) groups is 1. The van der Waals surface area contributed by atoms with Crippen LogP contribution in [0.1, 0.15) is 18.4 Å². The zero-order valence-electron chi connectivity index (χ0n) is 10.4. The molecule has 0 fully saturated rings. The Bertz CT molecular complexity index is 351. The molecule has 1 atom stereocenters. The molecule has 0 saturated carbocycles. The lowest BCUT2D eigenvalue weighted by Crippen LogP contribution is -2.40. The van der Waals surface area contributed by atoms with Crippen molar-refractivity contribution in [2.24, 2.45) is 0 Å². The van der Waals surface area contributed by atoms with Crippen LogP contribution in [0.2, 0.25) is 0 Å². The summed E-state index contributed by atoms with van der Waals surface area (Å²) in [6.07, 6.45) is 0. The van der Waals surface area contributed by atoms with E-state index in [4.69, 9.17) is 9.26 Å². The van der Waals surface area contributed by atoms with Crippen LogP contribution in [0.5, 0.6) is 0 Å². The molecule has 2 N–H and O–H groups in total. The van der Waals surface area contributed by atoms with E-state index in [0.29, 0.717) is 13.2 Å². The molecule has 1 aromatic heterocycles. The summed E-state index contributed by atoms with van der Waals surface area (Å²) in [5.41, 5.74) is 0.792. The van der Waals surface area contributed by atoms with Gasteiger partial charge in [0.15, 0.2) is 0 Å². The maximum absolute atomic E-state index is 11.5. The minimum atomic E-state index is -0.0604. The molecule has 6 heteroatoms. The Morgan fingerprint density at radius 1 is 1.65 bits per heavy atom. The van der Waals surface area contributed by atoms with Gasteiger partial charge in [0, 0.05) is 25.8 Å². The van der Waals surface area contributed by atoms with Crippen LogP contribution in [-0.4, -0.2) is 37.4 Å². The summed E-state index contributed by atoms with van der Waals surface area (Å²) >= 11 is 0. The number of nitrogens with one attached hydrogen (secondary N) is 2. The van der Waals surface area contributed by atoms with Gasteiger partial charge < -0.3 is 19.9 Å². The lowest BCUT2D eigenvalue weighted by Gasteiger charge is -2.12. The number of rotatable bonds is 7. The summed E-state index contributed by atoms with van der Waals surface area (Å²) in [5.74, 6) is 0.703. The Morgan fingerprint density at radius 2 is 2.41 bits per heavy atom. The van der Waals surface area contributed by atoms with Gasteiger partial charge >= 0.3 is 0 Å². The van der Waals surface area contributed by atoms with Gasteiger partial charge in [0.05, 0.1) is 18.8 Å². The molecule has 0 radical (unpaired) electrons. The fraction of sp³-hybridized carbons (Fsp3) is 0.636. The highest BCUT2D eigenvalue weighted by atomic mass is 16.5. The molecule has 0 aliphatic heterocycles. The summed E-state index contributed by atoms with van der Waals surface area (Å²) in [4.78, 5) is 11.5. The number of methoxy groups -OCH3 is 1. The molecular formula is C11H19N3O3. The van der Waals surface area contributed by atoms with E-state index in [1.165, 1.54) is 0 Å². The van der Waals surface area contributed by atoms with Crippen LogP contribution in [0.25, 0.3) is 0 Å². The summed E-state index contributed by atoms with van der Waals surface area (Å²) in [6.45, 7) is 5.00. The van der Waals surface area contributed by atoms with Gasteiger partial charge in [-0.25, -0.2) is 0 Å². The Labute approximate surface area is 101 Å². The fourth-order valence-electron chi connectivity index (χ4n) is 1.42. The first-order valence-electron chi connectivity index (χ1n) is 5.53. The third kappa shape index (κ3) is 5.46. The minimum Gasteiger partial charge on any atom is -0.383 e. The molecule has 96 valence electrons. The summed E-state index contributed by atoms with van der Waals surface area (Å²) < 4.78 is 9.83. The highest BCUT2D eigenvalue weighted by Crippen LogP contribution is 2.00. The second kappa shape index (κ2) is 7.03. The van der Waals surface area contributed by atoms with Crippen molar-refractivity contribution in [2.45, 2.75) is 26.4 Å². The van der Waals surface area contributed by atoms with E-state index < -0.39 is 0 Å². The zero-order valence-corrected chi connectivity index (χ0v) is 10.4. The molecule has 1 rings (SSSR count). The zero-order chi connectivity index (χ0) is 12.7. The van der Waals surface area contributed by atoms with Gasteiger partial charge in [0.2, 0.25) is 5.91 Å². The topological polar surface area (TPSA) is 76.4 Å². The Hall–Kier alpha value is -1.40. The van der Waals surface area contributed by atoms with Crippen molar-refractivity contribution >= 4 is 5.91 Å². The molecule has 0 aromatic carbocycles. The van der Waals surface area contributed by atoms with E-state index in [9.17, 15) is 4.79 Å². The van der Waals surface area contributed by atoms with E-state index in [1.807, 2.05) is 19.9 Å². The molecule has 0 saturated heterocycles. The van der Waals surface area contributed by atoms with Crippen molar-refractivity contribution in [2.75, 3.05) is 20.3 Å². The molecular weight excluding hydrogens is 222 g/mol. The van der Waals surface area contributed by atoms with Crippen LogP contribution < -0.4 is 10.6 Å². The number of amides is 1. The minimum absolute atomic E-state index is 0.0172. The van der Waals surface area contributed by atoms with Gasteiger partial charge in [-0.15, -0.1) is 0 Å². The predicted molar refractivity (Wildman–Crippen MR) is 62.4 cm³/mol. The van der Waals surface area contributed by atoms with Crippen LogP contribution in [-0.2, 0) is 16.1 Å². The van der Waals surface area contributed by atoms with Crippen LogP contribution in [0.15, 0.2) is 10.6 Å². The average molecular weight is 241 g/mol. The van der Waals surface area contributed by atoms with Crippen molar-refractivity contribution in [1.29, 1.82) is 0 Å². The number of ether oxygens (including phenoxy) is 1. The number of aromatic nitrogens is 1. The van der Waals surface area contributed by atoms with Gasteiger partial charge in [-0.05, 0) is 13.8 Å². The quantitative estimate of drug-likeness (QED) is 0.714. The second-order valence-corrected chi connectivity index (χ2v) is 3.96. The summed E-state index contributed by atoms with van der Waals surface area (Å²) in [7, 11) is 1.60. The molecule has 0 bridgehead atoms. The van der Waals surface area contributed by atoms with E-state index >= 15 is 0 Å². The molecule has 0 aliphatic rings. The van der Waals surface area contributed by atoms with Gasteiger partial charge in [-0.1, -0.05) is 5.16 Å². The highest BCUT2D eigenvalue weighted by molar-refractivity contribution is 5.78. The van der Waals surface area contributed by atoms with Crippen LogP contribution in [0.3, 0.4) is 0 Å². The van der Waals surface area contributed by atoms with Crippen LogP contribution in [0, 0.1) is 6.92 Å². The second-order valence-electron chi connectivity index (χ2n) is 3.96. The first-order valence-corrected chi connectivity index (χ1v) is 5.53. The van der Waals surface area contributed by atoms with Crippen LogP contribution >= 0.6 is 0 Å². The smallest absolute Gasteiger partial charge is 0.234 e. The van der Waals surface area contributed by atoms with E-state index in [2.05, 4.69) is 15.8 Å². The number of aryl methyl sites for hydroxylation is 1. The predicted octanol–water partition coefficient (Wildman–Crippen LogP) is 0.224. The van der Waals surface area contributed by atoms with E-state index in [0.717, 1.165) is 11.5 Å². The molecule has 6 nitrogen and oxygen atoms in total. The molecule has 0 spiro atoms. The van der Waals surface area contributed by atoms with E-state index in [-0.39, 0.29) is 18.5 Å². The van der Waals surface area contributed by atoms with Crippen LogP contribution in [0.4, 0.5) is 0 Å². The summed E-state index contributed by atoms with van der Waals surface area (Å²) in [6, 6.07) is 1.85. The Kier molecular flexibility index (Phi) is 5.65. The van der Waals surface area contributed by atoms with Crippen molar-refractivity contribution in [3.05, 3.63) is 17.5 Å². The monoisotopic (exact) mass is 241 g/mol. The van der Waals surface area contributed by atoms with E-state index in [1.54, 1.807) is 7.11 Å². The molecule has 1 heterocycles. The molecule has 1 amide bonds. The van der Waals surface area contributed by atoms with Gasteiger partial charge in [0.25, 0.3) is 0 Å². The lowest BCUT2D eigenvalue weighted by molar-refractivity contribution is -0.121. The van der Waals surface area contributed by atoms with Gasteiger partial charge in [0.1, 0.15) is 5.76 Å². The van der Waals surface area contributed by atoms with Crippen molar-refractivity contribution in [3.8, 4) is 0 Å². The van der Waals surface area contributed by atoms with Crippen molar-refractivity contribution < 1.29 is 14.1 Å². The first kappa shape index (κ1) is 13.7. The van der Waals surface area contributed by atoms with Gasteiger partial charge in [-0.3, -0.25) is 4.79 Å². The van der Waals surface area contributed by atoms with Gasteiger partial charge in [-0.2, -0.15) is 0 Å². The third-order valence-electron chi connectivity index (χ3n) is 2.09. The lowest BCUT2D eigenvalue weighted by atomic mass is 10.3. The normalized spacial score (nSPS) is 12.4. The Balaban J connectivity index is 2.16. The number of hydrogen-bond donors (Lipinski definition) is 2. The number of carbonyl (C=O) groups excluding carboxylic acids is 1. The number of nitrogens with zero attached hydrogens (tertiary/aromatic N) is 1. The SMILES string of the molecule is COCC(C)NC(=O)CNCc1cc(C)on1. The standard InChI is InChI=1S/C11H19N3O3/c1-8(7-16-3)13-11(15)6-12-5-10-4-9(2)17-14-10/h4,8,12H,5-7H2,1-3H3,(H,13,15). The number of hydrogen-bond acceptors (Lipinski definition) is 5. The third-order valence-corrected chi connectivity index (χ3v) is 2.09. The fourth-order valence-corrected chi connectivity index (χ4v) is 1.42. The molecule has 0 aliphatic carbocycles. The molecule has 1 unspecified atom stereocenters. The largest absolute Gasteiger partial charge is 0.383 e. The maximum atomic E-state index is 11.5.